The molecular weight excluding hydrogens is 274 g/mol. The fourth-order valence-electron chi connectivity index (χ4n) is 3.59. The molecule has 110 valence electrons. The Bertz CT molecular complexity index is 828. The molecule has 2 aliphatic heterocycles. The highest BCUT2D eigenvalue weighted by molar-refractivity contribution is 5.94. The Morgan fingerprint density at radius 1 is 1.14 bits per heavy atom. The van der Waals surface area contributed by atoms with Gasteiger partial charge in [-0.3, -0.25) is 4.98 Å². The minimum Gasteiger partial charge on any atom is -0.361 e. The molecule has 3 aromatic rings. The van der Waals surface area contributed by atoms with Crippen molar-refractivity contribution in [3.63, 3.8) is 0 Å². The largest absolute Gasteiger partial charge is 0.361 e. The van der Waals surface area contributed by atoms with Crippen molar-refractivity contribution < 1.29 is 0 Å². The van der Waals surface area contributed by atoms with Crippen LogP contribution in [0.1, 0.15) is 0 Å². The van der Waals surface area contributed by atoms with Crippen LogP contribution in [0.5, 0.6) is 0 Å². The lowest BCUT2D eigenvalue weighted by Crippen LogP contribution is -2.51. The molecule has 0 aliphatic carbocycles. The summed E-state index contributed by atoms with van der Waals surface area (Å²) < 4.78 is 0. The Kier molecular flexibility index (Phi) is 2.52. The molecule has 1 aromatic carbocycles. The first-order valence-electron chi connectivity index (χ1n) is 7.75. The molecule has 5 rings (SSSR count). The van der Waals surface area contributed by atoms with Crippen molar-refractivity contribution in [2.75, 3.05) is 24.5 Å². The molecule has 0 radical (unpaired) electrons. The quantitative estimate of drug-likeness (QED) is 0.758. The number of aromatic amines is 1. The Hall–Kier alpha value is -2.40. The smallest absolute Gasteiger partial charge is 0.147 e. The van der Waals surface area contributed by atoms with Crippen molar-refractivity contribution in [2.24, 2.45) is 5.92 Å². The van der Waals surface area contributed by atoms with Gasteiger partial charge in [-0.25, -0.2) is 4.98 Å². The number of fused-ring (bicyclic) bond motifs is 2. The van der Waals surface area contributed by atoms with Crippen LogP contribution in [0, 0.1) is 5.92 Å². The summed E-state index contributed by atoms with van der Waals surface area (Å²) in [6, 6.07) is 8.99. The van der Waals surface area contributed by atoms with Crippen molar-refractivity contribution in [3.05, 3.63) is 42.9 Å². The topological polar surface area (TPSA) is 56.8 Å². The van der Waals surface area contributed by atoms with E-state index in [-0.39, 0.29) is 0 Å². The summed E-state index contributed by atoms with van der Waals surface area (Å²) in [5, 5.41) is 4.67. The van der Waals surface area contributed by atoms with E-state index in [1.54, 1.807) is 0 Å². The van der Waals surface area contributed by atoms with Gasteiger partial charge >= 0.3 is 0 Å². The zero-order chi connectivity index (χ0) is 14.5. The predicted molar refractivity (Wildman–Crippen MR) is 86.8 cm³/mol. The van der Waals surface area contributed by atoms with Gasteiger partial charge in [0.05, 0.1) is 18.1 Å². The average molecular weight is 291 g/mol. The average Bonchev–Trinajstić information content (AvgIpc) is 3.12. The lowest BCUT2D eigenvalue weighted by Gasteiger charge is -2.29. The number of nitrogens with zero attached hydrogens (tertiary/aromatic N) is 3. The maximum Gasteiger partial charge on any atom is 0.147 e. The third kappa shape index (κ3) is 1.75. The number of benzene rings is 1. The second kappa shape index (κ2) is 4.55. The van der Waals surface area contributed by atoms with E-state index >= 15 is 0 Å². The van der Waals surface area contributed by atoms with E-state index in [0.29, 0.717) is 6.04 Å². The van der Waals surface area contributed by atoms with Crippen LogP contribution in [0.15, 0.2) is 42.9 Å². The van der Waals surface area contributed by atoms with Gasteiger partial charge in [-0.2, -0.15) is 0 Å². The molecule has 0 saturated carbocycles. The second-order valence-electron chi connectivity index (χ2n) is 6.19. The van der Waals surface area contributed by atoms with Crippen molar-refractivity contribution in [1.29, 1.82) is 0 Å². The lowest BCUT2D eigenvalue weighted by atomic mass is 9.96. The standard InChI is InChI=1S/C17H17N5/c1-2-12(13-4-5-19-14(13)3-1)15-7-18-8-17(21-15)22-9-11-6-20-16(11)10-22/h1-5,7-8,11,16,19-20H,6,9-10H2/t11-,16-/m1/s1. The number of hydrogen-bond donors (Lipinski definition) is 2. The molecular formula is C17H17N5. The molecule has 2 atom stereocenters. The molecule has 0 unspecified atom stereocenters. The van der Waals surface area contributed by atoms with Gasteiger partial charge in [-0.05, 0) is 12.1 Å². The zero-order valence-electron chi connectivity index (χ0n) is 12.2. The van der Waals surface area contributed by atoms with Crippen LogP contribution >= 0.6 is 0 Å². The van der Waals surface area contributed by atoms with Crippen LogP contribution in [0.3, 0.4) is 0 Å². The molecule has 2 aromatic heterocycles. The van der Waals surface area contributed by atoms with Gasteiger partial charge in [-0.1, -0.05) is 12.1 Å². The maximum atomic E-state index is 4.87. The highest BCUT2D eigenvalue weighted by Gasteiger charge is 2.39. The molecule has 0 spiro atoms. The molecule has 2 fully saturated rings. The van der Waals surface area contributed by atoms with Gasteiger partial charge in [0.15, 0.2) is 0 Å². The second-order valence-corrected chi connectivity index (χ2v) is 6.19. The zero-order valence-corrected chi connectivity index (χ0v) is 12.2. The van der Waals surface area contributed by atoms with Crippen LogP contribution < -0.4 is 10.2 Å². The SMILES string of the molecule is c1cc(-c2cncc(N3C[C@H]4CN[C@@H]4C3)n2)c2cc[nH]c2c1. The normalized spacial score (nSPS) is 23.5. The molecule has 5 heteroatoms. The number of H-pyrrole nitrogens is 1. The molecule has 2 saturated heterocycles. The van der Waals surface area contributed by atoms with Gasteiger partial charge in [0.1, 0.15) is 5.82 Å². The highest BCUT2D eigenvalue weighted by atomic mass is 15.3. The summed E-state index contributed by atoms with van der Waals surface area (Å²) >= 11 is 0. The lowest BCUT2D eigenvalue weighted by molar-refractivity contribution is 0.297. The Balaban J connectivity index is 1.55. The number of anilines is 1. The summed E-state index contributed by atoms with van der Waals surface area (Å²) in [5.74, 6) is 1.76. The summed E-state index contributed by atoms with van der Waals surface area (Å²) in [7, 11) is 0. The van der Waals surface area contributed by atoms with Crippen molar-refractivity contribution in [1.82, 2.24) is 20.3 Å². The molecule has 0 bridgehead atoms. The minimum absolute atomic E-state index is 0.638. The Morgan fingerprint density at radius 2 is 2.14 bits per heavy atom. The molecule has 22 heavy (non-hydrogen) atoms. The Labute approximate surface area is 128 Å². The number of hydrogen-bond acceptors (Lipinski definition) is 4. The van der Waals surface area contributed by atoms with Gasteiger partial charge < -0.3 is 15.2 Å². The fourth-order valence-corrected chi connectivity index (χ4v) is 3.59. The van der Waals surface area contributed by atoms with E-state index in [1.807, 2.05) is 18.6 Å². The fraction of sp³-hybridized carbons (Fsp3) is 0.294. The molecule has 5 nitrogen and oxygen atoms in total. The molecule has 2 N–H and O–H groups in total. The summed E-state index contributed by atoms with van der Waals surface area (Å²) in [5.41, 5.74) is 3.21. The van der Waals surface area contributed by atoms with Crippen molar-refractivity contribution >= 4 is 16.7 Å². The first-order chi connectivity index (χ1) is 10.9. The first kappa shape index (κ1) is 12.2. The first-order valence-corrected chi connectivity index (χ1v) is 7.75. The van der Waals surface area contributed by atoms with E-state index in [2.05, 4.69) is 44.5 Å². The van der Waals surface area contributed by atoms with Gasteiger partial charge in [0, 0.05) is 54.3 Å². The minimum atomic E-state index is 0.638. The predicted octanol–water partition coefficient (Wildman–Crippen LogP) is 2.03. The van der Waals surface area contributed by atoms with E-state index in [9.17, 15) is 0 Å². The number of aromatic nitrogens is 3. The summed E-state index contributed by atoms with van der Waals surface area (Å²) in [4.78, 5) is 14.9. The molecule has 2 aliphatic rings. The highest BCUT2D eigenvalue weighted by Crippen LogP contribution is 2.30. The van der Waals surface area contributed by atoms with Gasteiger partial charge in [0.25, 0.3) is 0 Å². The number of nitrogens with one attached hydrogen (secondary N) is 2. The maximum absolute atomic E-state index is 4.87. The van der Waals surface area contributed by atoms with Gasteiger partial charge in [0.2, 0.25) is 0 Å². The van der Waals surface area contributed by atoms with Crippen LogP contribution in [0.4, 0.5) is 5.82 Å². The molecule has 4 heterocycles. The van der Waals surface area contributed by atoms with Crippen molar-refractivity contribution in [3.8, 4) is 11.3 Å². The monoisotopic (exact) mass is 291 g/mol. The molecule has 0 amide bonds. The summed E-state index contributed by atoms with van der Waals surface area (Å²) in [6.07, 6.45) is 5.70. The third-order valence-electron chi connectivity index (χ3n) is 4.90. The van der Waals surface area contributed by atoms with Crippen LogP contribution in [-0.4, -0.2) is 40.6 Å². The van der Waals surface area contributed by atoms with E-state index in [0.717, 1.165) is 48.1 Å². The van der Waals surface area contributed by atoms with E-state index < -0.39 is 0 Å². The van der Waals surface area contributed by atoms with E-state index in [1.165, 1.54) is 5.39 Å². The van der Waals surface area contributed by atoms with E-state index in [4.69, 9.17) is 4.98 Å². The Morgan fingerprint density at radius 3 is 2.95 bits per heavy atom. The third-order valence-corrected chi connectivity index (χ3v) is 4.90. The number of rotatable bonds is 2. The summed E-state index contributed by atoms with van der Waals surface area (Å²) in [6.45, 7) is 3.26. The van der Waals surface area contributed by atoms with Crippen molar-refractivity contribution in [2.45, 2.75) is 6.04 Å². The van der Waals surface area contributed by atoms with Gasteiger partial charge in [-0.15, -0.1) is 0 Å². The van der Waals surface area contributed by atoms with Crippen LogP contribution in [0.2, 0.25) is 0 Å². The van der Waals surface area contributed by atoms with Crippen LogP contribution in [0.25, 0.3) is 22.2 Å². The van der Waals surface area contributed by atoms with Crippen LogP contribution in [-0.2, 0) is 0 Å².